The van der Waals surface area contributed by atoms with Crippen LogP contribution in [0.5, 0.6) is 0 Å². The molecule has 0 saturated carbocycles. The summed E-state index contributed by atoms with van der Waals surface area (Å²) >= 11 is 0. The van der Waals surface area contributed by atoms with Crippen molar-refractivity contribution in [1.29, 1.82) is 0 Å². The van der Waals surface area contributed by atoms with E-state index < -0.39 is 0 Å². The number of hydrogen-bond donors (Lipinski definition) is 0. The summed E-state index contributed by atoms with van der Waals surface area (Å²) in [5.74, 6) is 0.882. The third-order valence-corrected chi connectivity index (χ3v) is 15.5. The van der Waals surface area contributed by atoms with Crippen molar-refractivity contribution < 1.29 is 0 Å². The average molecular weight is 837 g/mol. The van der Waals surface area contributed by atoms with Gasteiger partial charge in [-0.05, 0) is 167 Å². The van der Waals surface area contributed by atoms with Gasteiger partial charge in [0.05, 0.1) is 0 Å². The van der Waals surface area contributed by atoms with Crippen LogP contribution in [0.3, 0.4) is 0 Å². The first-order chi connectivity index (χ1) is 32.0. The van der Waals surface area contributed by atoms with Crippen LogP contribution in [0, 0.1) is 5.92 Å². The zero-order valence-corrected chi connectivity index (χ0v) is 37.3. The number of fused-ring (bicyclic) bond motifs is 8. The molecule has 0 saturated heterocycles. The van der Waals surface area contributed by atoms with Crippen LogP contribution in [-0.2, 0) is 18.3 Å². The van der Waals surface area contributed by atoms with E-state index in [1.54, 1.807) is 0 Å². The van der Waals surface area contributed by atoms with Crippen LogP contribution in [0.25, 0.3) is 65.7 Å². The van der Waals surface area contributed by atoms with Gasteiger partial charge in [0.1, 0.15) is 0 Å². The molecular weight excluding hydrogens is 785 g/mol. The van der Waals surface area contributed by atoms with E-state index in [-0.39, 0.29) is 5.41 Å². The molecule has 9 aromatic rings. The summed E-state index contributed by atoms with van der Waals surface area (Å²) in [5, 5.41) is 7.64. The van der Waals surface area contributed by atoms with Crippen LogP contribution in [-0.4, -0.2) is 13.1 Å². The lowest BCUT2D eigenvalue weighted by Gasteiger charge is -2.32. The number of aryl methyl sites for hydroxylation is 2. The molecule has 2 atom stereocenters. The molecule has 0 amide bonds. The number of benzene rings is 9. The van der Waals surface area contributed by atoms with E-state index in [0.29, 0.717) is 11.8 Å². The van der Waals surface area contributed by atoms with E-state index >= 15 is 0 Å². The molecule has 13 rings (SSSR count). The summed E-state index contributed by atoms with van der Waals surface area (Å²) in [4.78, 5) is 5.13. The Morgan fingerprint density at radius 3 is 1.77 bits per heavy atom. The molecule has 0 fully saturated rings. The largest absolute Gasteiger partial charge is 0.341 e. The van der Waals surface area contributed by atoms with Gasteiger partial charge in [0.2, 0.25) is 0 Å². The van der Waals surface area contributed by atoms with Crippen molar-refractivity contribution in [3.05, 3.63) is 216 Å². The fraction of sp³-hybridized carbons (Fsp3) is 0.175. The molecule has 0 radical (unpaired) electrons. The van der Waals surface area contributed by atoms with E-state index in [1.807, 2.05) is 0 Å². The summed E-state index contributed by atoms with van der Waals surface area (Å²) in [6.45, 7) is 6.89. The maximum Gasteiger partial charge on any atom is 0.0443 e. The third-order valence-electron chi connectivity index (χ3n) is 15.5. The Bertz CT molecular complexity index is 3460. The fourth-order valence-electron chi connectivity index (χ4n) is 12.4. The second-order valence-corrected chi connectivity index (χ2v) is 19.4. The molecule has 2 aliphatic carbocycles. The molecule has 0 N–H and O–H groups in total. The van der Waals surface area contributed by atoms with Crippen LogP contribution < -0.4 is 9.80 Å². The zero-order chi connectivity index (χ0) is 43.2. The van der Waals surface area contributed by atoms with Crippen molar-refractivity contribution in [2.75, 3.05) is 22.9 Å². The van der Waals surface area contributed by atoms with Gasteiger partial charge in [0.15, 0.2) is 0 Å². The predicted octanol–water partition coefficient (Wildman–Crippen LogP) is 16.4. The van der Waals surface area contributed by atoms with Crippen LogP contribution in [0.4, 0.5) is 22.7 Å². The fourth-order valence-corrected chi connectivity index (χ4v) is 12.4. The van der Waals surface area contributed by atoms with Gasteiger partial charge in [0.25, 0.3) is 0 Å². The first kappa shape index (κ1) is 38.3. The quantitative estimate of drug-likeness (QED) is 0.159. The molecule has 65 heavy (non-hydrogen) atoms. The molecule has 0 aromatic heterocycles. The highest BCUT2D eigenvalue weighted by molar-refractivity contribution is 6.24. The standard InChI is InChI=1S/C63H52N2/c1-63(2)57-24-10-9-22-50(57)51-32-29-45(38-58(51)63)49-21-7-8-23-52(49)62-54-34-31-47(64-35-13-19-42-16-5-11-25-59(42)64)39-55(54)61(46-28-27-41-15-3-4-18-44(41)37-46)53-33-30-48(40-56(53)62)65-36-14-20-43-17-6-12-26-60(43)65/h3-12,15-18,21-34,37-40,50,57H,13-14,19-20,35-36H2,1-2H3. The van der Waals surface area contributed by atoms with Crippen LogP contribution in [0.1, 0.15) is 54.9 Å². The first-order valence-electron chi connectivity index (χ1n) is 23.8. The molecule has 9 aromatic carbocycles. The summed E-state index contributed by atoms with van der Waals surface area (Å²) in [7, 11) is 0. The Morgan fingerprint density at radius 1 is 0.462 bits per heavy atom. The molecule has 2 aliphatic heterocycles. The SMILES string of the molecule is CC1(C)c2cc(-c3ccccc3-c3c4ccc(N5CCCc6ccccc65)cc4c(-c4ccc5ccccc5c4)c4ccc(N5CCCc6ccccc65)cc34)ccc2C2C=CC=CC21. The highest BCUT2D eigenvalue weighted by Gasteiger charge is 2.44. The third kappa shape index (κ3) is 6.07. The minimum Gasteiger partial charge on any atom is -0.341 e. The predicted molar refractivity (Wildman–Crippen MR) is 276 cm³/mol. The van der Waals surface area contributed by atoms with Crippen molar-refractivity contribution in [1.82, 2.24) is 0 Å². The molecule has 2 nitrogen and oxygen atoms in total. The second kappa shape index (κ2) is 15.0. The van der Waals surface area contributed by atoms with Gasteiger partial charge in [-0.2, -0.15) is 0 Å². The van der Waals surface area contributed by atoms with Crippen molar-refractivity contribution in [3.8, 4) is 33.4 Å². The highest BCUT2D eigenvalue weighted by atomic mass is 15.1. The number of nitrogens with zero attached hydrogens (tertiary/aromatic N) is 2. The summed E-state index contributed by atoms with van der Waals surface area (Å²) in [6.07, 6.45) is 13.8. The summed E-state index contributed by atoms with van der Waals surface area (Å²) in [5.41, 5.74) is 18.6. The van der Waals surface area contributed by atoms with Gasteiger partial charge in [0, 0.05) is 41.8 Å². The van der Waals surface area contributed by atoms with E-state index in [1.165, 1.54) is 111 Å². The van der Waals surface area contributed by atoms with Gasteiger partial charge in [-0.1, -0.05) is 166 Å². The summed E-state index contributed by atoms with van der Waals surface area (Å²) in [6, 6.07) is 65.3. The first-order valence-corrected chi connectivity index (χ1v) is 23.8. The van der Waals surface area contributed by atoms with Gasteiger partial charge >= 0.3 is 0 Å². The van der Waals surface area contributed by atoms with Gasteiger partial charge < -0.3 is 9.80 Å². The van der Waals surface area contributed by atoms with E-state index in [4.69, 9.17) is 0 Å². The number of para-hydroxylation sites is 2. The zero-order valence-electron chi connectivity index (χ0n) is 37.3. The number of anilines is 4. The van der Waals surface area contributed by atoms with E-state index in [2.05, 4.69) is 218 Å². The maximum atomic E-state index is 2.57. The lowest BCUT2D eigenvalue weighted by atomic mass is 9.74. The van der Waals surface area contributed by atoms with Crippen LogP contribution in [0.2, 0.25) is 0 Å². The van der Waals surface area contributed by atoms with Crippen molar-refractivity contribution >= 4 is 55.1 Å². The Kier molecular flexibility index (Phi) is 8.82. The topological polar surface area (TPSA) is 6.48 Å². The van der Waals surface area contributed by atoms with Crippen molar-refractivity contribution in [2.45, 2.75) is 50.9 Å². The molecule has 2 heteroatoms. The smallest absolute Gasteiger partial charge is 0.0443 e. The number of hydrogen-bond acceptors (Lipinski definition) is 2. The lowest BCUT2D eigenvalue weighted by Crippen LogP contribution is -2.24. The molecular formula is C63H52N2. The minimum atomic E-state index is 0.0240. The minimum absolute atomic E-state index is 0.0240. The highest BCUT2D eigenvalue weighted by Crippen LogP contribution is 2.55. The lowest BCUT2D eigenvalue weighted by molar-refractivity contribution is 0.394. The second-order valence-electron chi connectivity index (χ2n) is 19.4. The maximum absolute atomic E-state index is 2.57. The van der Waals surface area contributed by atoms with Crippen LogP contribution >= 0.6 is 0 Å². The monoisotopic (exact) mass is 836 g/mol. The molecule has 314 valence electrons. The van der Waals surface area contributed by atoms with Crippen molar-refractivity contribution in [2.24, 2.45) is 5.92 Å². The number of rotatable bonds is 5. The Hall–Kier alpha value is -7.16. The normalized spacial score (nSPS) is 18.2. The van der Waals surface area contributed by atoms with E-state index in [9.17, 15) is 0 Å². The molecule has 4 aliphatic rings. The molecule has 0 spiro atoms. The number of allylic oxidation sites excluding steroid dienone is 4. The van der Waals surface area contributed by atoms with Crippen molar-refractivity contribution in [3.63, 3.8) is 0 Å². The van der Waals surface area contributed by atoms with Gasteiger partial charge in [-0.15, -0.1) is 0 Å². The van der Waals surface area contributed by atoms with Gasteiger partial charge in [-0.25, -0.2) is 0 Å². The van der Waals surface area contributed by atoms with Crippen LogP contribution in [0.15, 0.2) is 194 Å². The Balaban J connectivity index is 1.11. The average Bonchev–Trinajstić information content (AvgIpc) is 3.59. The molecule has 0 bridgehead atoms. The molecule has 2 unspecified atom stereocenters. The van der Waals surface area contributed by atoms with Gasteiger partial charge in [-0.3, -0.25) is 0 Å². The Morgan fingerprint density at radius 2 is 1.05 bits per heavy atom. The molecule has 2 heterocycles. The van der Waals surface area contributed by atoms with E-state index in [0.717, 1.165) is 38.8 Å². The Labute approximate surface area is 382 Å². The summed E-state index contributed by atoms with van der Waals surface area (Å²) < 4.78 is 0.